The highest BCUT2D eigenvalue weighted by atomic mass is 16.6. The summed E-state index contributed by atoms with van der Waals surface area (Å²) in [5.74, 6) is -1.26. The van der Waals surface area contributed by atoms with Crippen molar-refractivity contribution in [3.63, 3.8) is 0 Å². The predicted octanol–water partition coefficient (Wildman–Crippen LogP) is 4.92. The van der Waals surface area contributed by atoms with E-state index in [1.807, 2.05) is 43.3 Å². The second-order valence-electron chi connectivity index (χ2n) is 8.65. The monoisotopic (exact) mass is 560 g/mol. The highest BCUT2D eigenvalue weighted by Crippen LogP contribution is 2.29. The molecule has 0 unspecified atom stereocenters. The van der Waals surface area contributed by atoms with Gasteiger partial charge in [-0.15, -0.1) is 0 Å². The summed E-state index contributed by atoms with van der Waals surface area (Å²) < 4.78 is 15.1. The number of carboxylic acid groups (broad SMARTS) is 1. The van der Waals surface area contributed by atoms with Crippen LogP contribution in [0.2, 0.25) is 0 Å². The summed E-state index contributed by atoms with van der Waals surface area (Å²) in [5.41, 5.74) is 12.9. The van der Waals surface area contributed by atoms with Crippen molar-refractivity contribution in [2.75, 3.05) is 17.4 Å². The van der Waals surface area contributed by atoms with E-state index in [0.29, 0.717) is 30.1 Å². The Labute approximate surface area is 234 Å². The first-order chi connectivity index (χ1) is 19.8. The van der Waals surface area contributed by atoms with Crippen molar-refractivity contribution in [3.05, 3.63) is 106 Å². The molecule has 0 radical (unpaired) electrons. The molecular weight excluding hydrogens is 532 g/mol. The fraction of sp³-hybridized carbons (Fsp3) is 0.172. The van der Waals surface area contributed by atoms with E-state index >= 15 is 0 Å². The van der Waals surface area contributed by atoms with Crippen LogP contribution in [0, 0.1) is 6.92 Å². The predicted molar refractivity (Wildman–Crippen MR) is 151 cm³/mol. The van der Waals surface area contributed by atoms with Crippen molar-refractivity contribution >= 4 is 29.3 Å². The summed E-state index contributed by atoms with van der Waals surface area (Å²) >= 11 is 0. The number of carbonyl (C=O) groups is 2. The zero-order valence-electron chi connectivity index (χ0n) is 22.3. The highest BCUT2D eigenvalue weighted by Gasteiger charge is 2.19. The Morgan fingerprint density at radius 1 is 1.00 bits per heavy atom. The number of nitrogens with one attached hydrogen (secondary N) is 2. The molecule has 4 rings (SSSR count). The number of hydrogen-bond donors (Lipinski definition) is 4. The number of carbonyl (C=O) groups excluding carboxylic acids is 1. The molecule has 0 saturated heterocycles. The summed E-state index contributed by atoms with van der Waals surface area (Å²) in [7, 11) is 0. The number of hydrogen-bond acceptors (Lipinski definition) is 9. The molecule has 0 aliphatic carbocycles. The largest absolute Gasteiger partial charge is 0.519 e. The van der Waals surface area contributed by atoms with Crippen LogP contribution < -0.4 is 22.4 Å². The Morgan fingerprint density at radius 2 is 1.73 bits per heavy atom. The average molecular weight is 561 g/mol. The number of nitrogens with two attached hydrogens (primary N) is 1. The van der Waals surface area contributed by atoms with E-state index in [0.717, 1.165) is 16.7 Å². The number of amides is 1. The fourth-order valence-corrected chi connectivity index (χ4v) is 3.98. The minimum atomic E-state index is -1.37. The van der Waals surface area contributed by atoms with Crippen LogP contribution in [0.3, 0.4) is 0 Å². The molecule has 5 N–H and O–H groups in total. The molecule has 12 nitrogen and oxygen atoms in total. The quantitative estimate of drug-likeness (QED) is 0.0846. The molecule has 41 heavy (non-hydrogen) atoms. The maximum Gasteiger partial charge on any atom is 0.519 e. The normalized spacial score (nSPS) is 11.2. The number of esters is 1. The number of para-hydroxylation sites is 1. The van der Waals surface area contributed by atoms with Gasteiger partial charge < -0.3 is 29.7 Å². The second kappa shape index (κ2) is 13.1. The number of nitrogens with zero attached hydrogens (tertiary/aromatic N) is 1. The molecule has 4 aromatic rings. The third-order valence-corrected chi connectivity index (χ3v) is 5.93. The Hall–Kier alpha value is -5.36. The minimum absolute atomic E-state index is 0.0956. The second-order valence-corrected chi connectivity index (χ2v) is 8.65. The molecule has 1 aromatic heterocycles. The van der Waals surface area contributed by atoms with E-state index < -0.39 is 17.9 Å². The van der Waals surface area contributed by atoms with Gasteiger partial charge in [0.25, 0.3) is 0 Å². The van der Waals surface area contributed by atoms with Crippen LogP contribution in [0.1, 0.15) is 39.9 Å². The molecular formula is C29H28N4O8. The van der Waals surface area contributed by atoms with Gasteiger partial charge in [0, 0.05) is 12.1 Å². The Morgan fingerprint density at radius 3 is 2.41 bits per heavy atom. The summed E-state index contributed by atoms with van der Waals surface area (Å²) in [6.45, 7) is 3.81. The number of amidine groups is 1. The van der Waals surface area contributed by atoms with Crippen LogP contribution in [-0.4, -0.2) is 29.6 Å². The molecule has 1 amide bonds. The van der Waals surface area contributed by atoms with Crippen molar-refractivity contribution in [3.8, 4) is 11.1 Å². The smallest absolute Gasteiger partial charge is 0.463 e. The highest BCUT2D eigenvalue weighted by molar-refractivity contribution is 6.07. The SMILES string of the molecule is CCONc1cccc(C(=O)OCc2oc(=O)oc2C)c1NCc1ccc(-c2ccccc2/C(N)=N/C(=O)O)cc1. The number of rotatable bonds is 11. The van der Waals surface area contributed by atoms with Gasteiger partial charge in [0.1, 0.15) is 5.84 Å². The Balaban J connectivity index is 1.54. The summed E-state index contributed by atoms with van der Waals surface area (Å²) in [6, 6.07) is 19.7. The first kappa shape index (κ1) is 28.6. The third kappa shape index (κ3) is 7.19. The van der Waals surface area contributed by atoms with Gasteiger partial charge in [0.05, 0.1) is 23.5 Å². The van der Waals surface area contributed by atoms with E-state index in [1.54, 1.807) is 30.3 Å². The molecule has 12 heteroatoms. The molecule has 0 spiro atoms. The van der Waals surface area contributed by atoms with Crippen LogP contribution >= 0.6 is 0 Å². The summed E-state index contributed by atoms with van der Waals surface area (Å²) in [6.07, 6.45) is -1.37. The van der Waals surface area contributed by atoms with Gasteiger partial charge in [-0.1, -0.05) is 54.6 Å². The minimum Gasteiger partial charge on any atom is -0.463 e. The maximum atomic E-state index is 13.0. The van der Waals surface area contributed by atoms with Gasteiger partial charge in [0.15, 0.2) is 18.1 Å². The standard InChI is InChI=1S/C29H28N4O8/c1-3-39-33-23-10-6-9-22(27(34)38-16-24-17(2)40-29(37)41-24)25(23)31-15-18-11-13-19(14-12-18)20-7-4-5-8-21(20)26(30)32-28(35)36/h4-14,31,33H,3,15-16H2,1-2H3,(H2,30,32)(H,35,36). The van der Waals surface area contributed by atoms with Gasteiger partial charge >= 0.3 is 17.9 Å². The average Bonchev–Trinajstić information content (AvgIpc) is 3.29. The van der Waals surface area contributed by atoms with Crippen LogP contribution in [0.15, 0.2) is 85.4 Å². The van der Waals surface area contributed by atoms with E-state index in [1.165, 1.54) is 6.92 Å². The zero-order valence-corrected chi connectivity index (χ0v) is 22.3. The molecule has 3 aromatic carbocycles. The van der Waals surface area contributed by atoms with Crippen LogP contribution in [0.4, 0.5) is 16.2 Å². The number of aliphatic imine (C=N–C) groups is 1. The van der Waals surface area contributed by atoms with Crippen molar-refractivity contribution in [2.24, 2.45) is 10.7 Å². The Bertz CT molecular complexity index is 1620. The number of aryl methyl sites for hydroxylation is 1. The van der Waals surface area contributed by atoms with Crippen molar-refractivity contribution in [1.82, 2.24) is 0 Å². The first-order valence-corrected chi connectivity index (χ1v) is 12.5. The molecule has 0 atom stereocenters. The Kier molecular flexibility index (Phi) is 9.17. The van der Waals surface area contributed by atoms with Gasteiger partial charge in [0.2, 0.25) is 0 Å². The molecule has 0 fully saturated rings. The van der Waals surface area contributed by atoms with Gasteiger partial charge in [-0.3, -0.25) is 10.3 Å². The molecule has 212 valence electrons. The number of ether oxygens (including phenoxy) is 1. The van der Waals surface area contributed by atoms with Gasteiger partial charge in [-0.25, -0.2) is 14.4 Å². The third-order valence-electron chi connectivity index (χ3n) is 5.93. The molecule has 0 bridgehead atoms. The molecule has 0 aliphatic heterocycles. The van der Waals surface area contributed by atoms with Crippen molar-refractivity contribution in [2.45, 2.75) is 27.0 Å². The van der Waals surface area contributed by atoms with Crippen molar-refractivity contribution in [1.29, 1.82) is 0 Å². The lowest BCUT2D eigenvalue weighted by Crippen LogP contribution is -2.16. The summed E-state index contributed by atoms with van der Waals surface area (Å²) in [5, 5.41) is 12.2. The lowest BCUT2D eigenvalue weighted by atomic mass is 9.98. The van der Waals surface area contributed by atoms with Crippen LogP contribution in [-0.2, 0) is 22.7 Å². The van der Waals surface area contributed by atoms with Crippen molar-refractivity contribution < 1.29 is 33.1 Å². The molecule has 0 saturated carbocycles. The molecule has 1 heterocycles. The fourth-order valence-electron chi connectivity index (χ4n) is 3.98. The van der Waals surface area contributed by atoms with Crippen LogP contribution in [0.25, 0.3) is 11.1 Å². The molecule has 0 aliphatic rings. The van der Waals surface area contributed by atoms with Crippen LogP contribution in [0.5, 0.6) is 0 Å². The van der Waals surface area contributed by atoms with E-state index in [-0.39, 0.29) is 29.5 Å². The topological polar surface area (TPSA) is 179 Å². The van der Waals surface area contributed by atoms with E-state index in [9.17, 15) is 14.4 Å². The number of benzene rings is 3. The lowest BCUT2D eigenvalue weighted by Gasteiger charge is -2.17. The first-order valence-electron chi connectivity index (χ1n) is 12.5. The lowest BCUT2D eigenvalue weighted by molar-refractivity contribution is 0.0444. The number of anilines is 2. The van der Waals surface area contributed by atoms with E-state index in [4.69, 9.17) is 29.2 Å². The summed E-state index contributed by atoms with van der Waals surface area (Å²) in [4.78, 5) is 44.1. The van der Waals surface area contributed by atoms with Gasteiger partial charge in [-0.05, 0) is 42.7 Å². The maximum absolute atomic E-state index is 13.0. The van der Waals surface area contributed by atoms with Gasteiger partial charge in [-0.2, -0.15) is 4.99 Å². The zero-order chi connectivity index (χ0) is 29.4. The van der Waals surface area contributed by atoms with E-state index in [2.05, 4.69) is 15.8 Å².